The van der Waals surface area contributed by atoms with Gasteiger partial charge in [0.2, 0.25) is 0 Å². The molecule has 1 heterocycles. The number of thioether (sulfide) groups is 1. The molecule has 0 aromatic heterocycles. The van der Waals surface area contributed by atoms with Crippen LogP contribution in [0.4, 0.5) is 0 Å². The largest absolute Gasteiger partial charge is 0.489 e. The molecule has 35 heavy (non-hydrogen) atoms. The maximum Gasteiger partial charge on any atom is 0.195 e. The molecule has 0 bridgehead atoms. The quantitative estimate of drug-likeness (QED) is 0.277. The predicted octanol–water partition coefficient (Wildman–Crippen LogP) is 6.97. The summed E-state index contributed by atoms with van der Waals surface area (Å²) in [6.45, 7) is 0.542. The SMILES string of the molecule is O=Cc1ccc(C(=O)C2NC(c3ccc(OCc4ccc(C5CCCCC5)cc4)cc3)=CS2)cc1. The van der Waals surface area contributed by atoms with Crippen LogP contribution in [0.3, 0.4) is 0 Å². The highest BCUT2D eigenvalue weighted by Crippen LogP contribution is 2.33. The normalized spacial score (nSPS) is 17.9. The van der Waals surface area contributed by atoms with Crippen molar-refractivity contribution in [1.82, 2.24) is 5.32 Å². The second-order valence-electron chi connectivity index (χ2n) is 9.19. The number of hydrogen-bond donors (Lipinski definition) is 1. The molecule has 4 nitrogen and oxygen atoms in total. The van der Waals surface area contributed by atoms with Crippen LogP contribution in [0.15, 0.2) is 78.2 Å². The highest BCUT2D eigenvalue weighted by atomic mass is 32.2. The Kier molecular flexibility index (Phi) is 7.34. The fourth-order valence-corrected chi connectivity index (χ4v) is 5.65. The average Bonchev–Trinajstić information content (AvgIpc) is 3.43. The molecule has 1 unspecified atom stereocenters. The van der Waals surface area contributed by atoms with Crippen LogP contribution in [0.5, 0.6) is 5.75 Å². The van der Waals surface area contributed by atoms with E-state index in [2.05, 4.69) is 29.6 Å². The Hall–Kier alpha value is -3.31. The second-order valence-corrected chi connectivity index (χ2v) is 10.2. The molecule has 1 N–H and O–H groups in total. The lowest BCUT2D eigenvalue weighted by atomic mass is 9.84. The van der Waals surface area contributed by atoms with E-state index in [0.29, 0.717) is 17.7 Å². The minimum absolute atomic E-state index is 0.00634. The fraction of sp³-hybridized carbons (Fsp3) is 0.267. The Balaban J connectivity index is 1.13. The molecular weight excluding hydrogens is 454 g/mol. The van der Waals surface area contributed by atoms with Crippen LogP contribution in [0.1, 0.15) is 75.4 Å². The lowest BCUT2D eigenvalue weighted by Crippen LogP contribution is -2.29. The van der Waals surface area contributed by atoms with Gasteiger partial charge in [0, 0.05) is 16.8 Å². The molecule has 1 saturated carbocycles. The van der Waals surface area contributed by atoms with Crippen LogP contribution in [-0.2, 0) is 6.61 Å². The molecule has 1 atom stereocenters. The van der Waals surface area contributed by atoms with E-state index in [1.54, 1.807) is 24.3 Å². The number of nitrogens with one attached hydrogen (secondary N) is 1. The monoisotopic (exact) mass is 483 g/mol. The first-order chi connectivity index (χ1) is 17.2. The van der Waals surface area contributed by atoms with Crippen LogP contribution < -0.4 is 10.1 Å². The van der Waals surface area contributed by atoms with Crippen molar-refractivity contribution >= 4 is 29.5 Å². The third-order valence-corrected chi connectivity index (χ3v) is 7.78. The highest BCUT2D eigenvalue weighted by Gasteiger charge is 2.25. The van der Waals surface area contributed by atoms with Crippen LogP contribution in [0, 0.1) is 0 Å². The molecule has 1 fully saturated rings. The molecule has 3 aromatic carbocycles. The summed E-state index contributed by atoms with van der Waals surface area (Å²) in [5, 5.41) is 4.91. The van der Waals surface area contributed by atoms with Gasteiger partial charge in [-0.2, -0.15) is 0 Å². The fourth-order valence-electron chi connectivity index (χ4n) is 4.72. The first-order valence-electron chi connectivity index (χ1n) is 12.2. The molecule has 2 aliphatic rings. The molecular formula is C30H29NO3S. The van der Waals surface area contributed by atoms with Gasteiger partial charge in [0.1, 0.15) is 24.0 Å². The first kappa shape index (κ1) is 23.4. The summed E-state index contributed by atoms with van der Waals surface area (Å²) in [6.07, 6.45) is 7.49. The van der Waals surface area contributed by atoms with E-state index < -0.39 is 0 Å². The average molecular weight is 484 g/mol. The molecule has 5 rings (SSSR count). The third-order valence-electron chi connectivity index (χ3n) is 6.81. The van der Waals surface area contributed by atoms with Crippen molar-refractivity contribution < 1.29 is 14.3 Å². The molecule has 0 saturated heterocycles. The molecule has 1 aliphatic carbocycles. The van der Waals surface area contributed by atoms with E-state index in [1.165, 1.54) is 55.0 Å². The van der Waals surface area contributed by atoms with Crippen LogP contribution in [0.25, 0.3) is 5.70 Å². The lowest BCUT2D eigenvalue weighted by Gasteiger charge is -2.22. The summed E-state index contributed by atoms with van der Waals surface area (Å²) >= 11 is 1.46. The van der Waals surface area contributed by atoms with Gasteiger partial charge < -0.3 is 10.1 Å². The zero-order valence-electron chi connectivity index (χ0n) is 19.6. The zero-order chi connectivity index (χ0) is 24.0. The Morgan fingerprint density at radius 1 is 0.914 bits per heavy atom. The molecule has 0 spiro atoms. The second kappa shape index (κ2) is 11.0. The van der Waals surface area contributed by atoms with Gasteiger partial charge in [-0.25, -0.2) is 0 Å². The highest BCUT2D eigenvalue weighted by molar-refractivity contribution is 8.03. The predicted molar refractivity (Wildman–Crippen MR) is 142 cm³/mol. The Morgan fingerprint density at radius 2 is 1.63 bits per heavy atom. The van der Waals surface area contributed by atoms with Gasteiger partial charge in [0.05, 0.1) is 0 Å². The summed E-state index contributed by atoms with van der Waals surface area (Å²) < 4.78 is 6.01. The topological polar surface area (TPSA) is 55.4 Å². The number of carbonyl (C=O) groups excluding carboxylic acids is 2. The third kappa shape index (κ3) is 5.68. The number of ketones is 1. The van der Waals surface area contributed by atoms with E-state index >= 15 is 0 Å². The van der Waals surface area contributed by atoms with Crippen molar-refractivity contribution in [3.8, 4) is 5.75 Å². The standard InChI is InChI=1S/C30H29NO3S/c32-18-21-6-12-26(13-7-21)29(33)30-31-28(20-35-30)25-14-16-27(17-15-25)34-19-22-8-10-24(11-9-22)23-4-2-1-3-5-23/h6-18,20,23,30-31H,1-5,19H2. The van der Waals surface area contributed by atoms with Crippen molar-refractivity contribution in [3.63, 3.8) is 0 Å². The van der Waals surface area contributed by atoms with Crippen LogP contribution in [-0.4, -0.2) is 17.4 Å². The Bertz CT molecular complexity index is 1190. The van der Waals surface area contributed by atoms with E-state index in [9.17, 15) is 9.59 Å². The van der Waals surface area contributed by atoms with E-state index in [1.807, 2.05) is 29.7 Å². The van der Waals surface area contributed by atoms with Gasteiger partial charge in [-0.3, -0.25) is 9.59 Å². The number of ether oxygens (including phenoxy) is 1. The molecule has 0 radical (unpaired) electrons. The van der Waals surface area contributed by atoms with Crippen molar-refractivity contribution in [2.24, 2.45) is 0 Å². The number of aldehydes is 1. The smallest absolute Gasteiger partial charge is 0.195 e. The first-order valence-corrected chi connectivity index (χ1v) is 13.2. The number of hydrogen-bond acceptors (Lipinski definition) is 5. The van der Waals surface area contributed by atoms with Crippen LogP contribution in [0.2, 0.25) is 0 Å². The molecule has 3 aromatic rings. The van der Waals surface area contributed by atoms with Crippen molar-refractivity contribution in [2.45, 2.75) is 50.0 Å². The summed E-state index contributed by atoms with van der Waals surface area (Å²) in [6, 6.07) is 23.6. The Morgan fingerprint density at radius 3 is 2.31 bits per heavy atom. The molecule has 5 heteroatoms. The minimum atomic E-state index is -0.375. The van der Waals surface area contributed by atoms with Crippen molar-refractivity contribution in [3.05, 3.63) is 106 Å². The maximum atomic E-state index is 12.8. The molecule has 0 amide bonds. The summed E-state index contributed by atoms with van der Waals surface area (Å²) in [7, 11) is 0. The number of Topliss-reactive ketones (excluding diaryl/α,β-unsaturated/α-hetero) is 1. The van der Waals surface area contributed by atoms with Gasteiger partial charge in [0.15, 0.2) is 5.78 Å². The number of carbonyl (C=O) groups is 2. The lowest BCUT2D eigenvalue weighted by molar-refractivity contribution is 0.0984. The van der Waals surface area contributed by atoms with Gasteiger partial charge in [0.25, 0.3) is 0 Å². The van der Waals surface area contributed by atoms with E-state index in [4.69, 9.17) is 4.74 Å². The summed E-state index contributed by atoms with van der Waals surface area (Å²) in [4.78, 5) is 23.6. The van der Waals surface area contributed by atoms with Crippen molar-refractivity contribution in [1.29, 1.82) is 0 Å². The minimum Gasteiger partial charge on any atom is -0.489 e. The molecule has 178 valence electrons. The Labute approximate surface area is 210 Å². The maximum absolute atomic E-state index is 12.8. The van der Waals surface area contributed by atoms with E-state index in [0.717, 1.165) is 29.2 Å². The number of rotatable bonds is 8. The zero-order valence-corrected chi connectivity index (χ0v) is 20.4. The van der Waals surface area contributed by atoms with Gasteiger partial charge in [-0.05, 0) is 65.1 Å². The van der Waals surface area contributed by atoms with Gasteiger partial charge in [-0.15, -0.1) is 0 Å². The van der Waals surface area contributed by atoms with Crippen molar-refractivity contribution in [2.75, 3.05) is 0 Å². The van der Waals surface area contributed by atoms with Crippen LogP contribution >= 0.6 is 11.8 Å². The van der Waals surface area contributed by atoms with Gasteiger partial charge in [-0.1, -0.05) is 79.6 Å². The van der Waals surface area contributed by atoms with Gasteiger partial charge >= 0.3 is 0 Å². The number of benzene rings is 3. The summed E-state index contributed by atoms with van der Waals surface area (Å²) in [5.74, 6) is 1.54. The summed E-state index contributed by atoms with van der Waals surface area (Å²) in [5.41, 5.74) is 5.71. The molecule has 1 aliphatic heterocycles. The van der Waals surface area contributed by atoms with E-state index in [-0.39, 0.29) is 11.2 Å².